The summed E-state index contributed by atoms with van der Waals surface area (Å²) in [6, 6.07) is 15.9. The highest BCUT2D eigenvalue weighted by molar-refractivity contribution is 9.10. The molecule has 0 aliphatic carbocycles. The van der Waals surface area contributed by atoms with E-state index in [0.29, 0.717) is 29.4 Å². The molecule has 0 atom stereocenters. The Morgan fingerprint density at radius 3 is 2.54 bits per heavy atom. The number of carbonyl (C=O) groups is 3. The van der Waals surface area contributed by atoms with Crippen molar-refractivity contribution in [3.8, 4) is 11.5 Å². The molecule has 10 heteroatoms. The lowest BCUT2D eigenvalue weighted by molar-refractivity contribution is -0.127. The number of thioether (sulfide) groups is 1. The first-order valence-corrected chi connectivity index (χ1v) is 12.0. The predicted octanol–water partition coefficient (Wildman–Crippen LogP) is 5.11. The Morgan fingerprint density at radius 1 is 1.09 bits per heavy atom. The van der Waals surface area contributed by atoms with Gasteiger partial charge < -0.3 is 14.8 Å². The van der Waals surface area contributed by atoms with Crippen molar-refractivity contribution in [2.45, 2.75) is 6.61 Å². The minimum Gasteiger partial charge on any atom is -0.493 e. The van der Waals surface area contributed by atoms with Crippen LogP contribution in [0, 0.1) is 0 Å². The Labute approximate surface area is 214 Å². The van der Waals surface area contributed by atoms with Crippen molar-refractivity contribution in [2.24, 2.45) is 0 Å². The monoisotopic (exact) mass is 553 g/mol. The van der Waals surface area contributed by atoms with Gasteiger partial charge in [0.05, 0.1) is 12.0 Å². The lowest BCUT2D eigenvalue weighted by Crippen LogP contribution is -2.36. The van der Waals surface area contributed by atoms with E-state index < -0.39 is 17.1 Å². The van der Waals surface area contributed by atoms with Crippen molar-refractivity contribution in [3.63, 3.8) is 0 Å². The summed E-state index contributed by atoms with van der Waals surface area (Å²) < 4.78 is 12.1. The Bertz CT molecular complexity index is 1280. The van der Waals surface area contributed by atoms with Gasteiger partial charge in [-0.15, -0.1) is 0 Å². The number of aromatic nitrogens is 1. The number of rotatable bonds is 8. The average molecular weight is 554 g/mol. The second-order valence-corrected chi connectivity index (χ2v) is 9.29. The van der Waals surface area contributed by atoms with E-state index in [1.165, 1.54) is 7.11 Å². The Morgan fingerprint density at radius 2 is 1.83 bits per heavy atom. The van der Waals surface area contributed by atoms with E-state index in [2.05, 4.69) is 26.2 Å². The molecule has 1 saturated heterocycles. The van der Waals surface area contributed by atoms with E-state index >= 15 is 0 Å². The number of methoxy groups -OCH3 is 1. The molecule has 1 aromatic heterocycles. The summed E-state index contributed by atoms with van der Waals surface area (Å²) in [5, 5.41) is 2.17. The minimum absolute atomic E-state index is 0.221. The molecule has 3 amide bonds. The number of anilines is 1. The molecule has 4 rings (SSSR count). The smallest absolute Gasteiger partial charge is 0.294 e. The number of benzene rings is 2. The molecule has 2 heterocycles. The summed E-state index contributed by atoms with van der Waals surface area (Å²) in [4.78, 5) is 42.7. The van der Waals surface area contributed by atoms with Crippen molar-refractivity contribution < 1.29 is 23.9 Å². The van der Waals surface area contributed by atoms with Crippen LogP contribution >= 0.6 is 27.7 Å². The maximum absolute atomic E-state index is 12.8. The maximum Gasteiger partial charge on any atom is 0.294 e. The molecule has 1 N–H and O–H groups in total. The SMILES string of the molecule is COc1cc(/C=C2/SC(=O)N(CC(=O)Nc3ccc(Br)cc3)C2=O)ccc1OCc1ccncc1. The van der Waals surface area contributed by atoms with E-state index in [-0.39, 0.29) is 11.4 Å². The highest BCUT2D eigenvalue weighted by Gasteiger charge is 2.36. The van der Waals surface area contributed by atoms with Gasteiger partial charge in [-0.25, -0.2) is 0 Å². The lowest BCUT2D eigenvalue weighted by Gasteiger charge is -2.12. The number of nitrogens with one attached hydrogen (secondary N) is 1. The lowest BCUT2D eigenvalue weighted by atomic mass is 10.2. The molecule has 0 spiro atoms. The van der Waals surface area contributed by atoms with E-state index in [9.17, 15) is 14.4 Å². The van der Waals surface area contributed by atoms with Crippen LogP contribution in [0.3, 0.4) is 0 Å². The number of ether oxygens (including phenoxy) is 2. The molecule has 0 radical (unpaired) electrons. The largest absolute Gasteiger partial charge is 0.493 e. The molecule has 1 aliphatic heterocycles. The van der Waals surface area contributed by atoms with Crippen LogP contribution in [0.5, 0.6) is 11.5 Å². The molecule has 0 unspecified atom stereocenters. The van der Waals surface area contributed by atoms with Crippen molar-refractivity contribution in [3.05, 3.63) is 87.5 Å². The Hall–Kier alpha value is -3.63. The van der Waals surface area contributed by atoms with Gasteiger partial charge in [-0.1, -0.05) is 22.0 Å². The van der Waals surface area contributed by atoms with Gasteiger partial charge in [-0.2, -0.15) is 0 Å². The fourth-order valence-corrected chi connectivity index (χ4v) is 4.30. The molecule has 0 saturated carbocycles. The number of nitrogens with zero attached hydrogens (tertiary/aromatic N) is 2. The molecule has 35 heavy (non-hydrogen) atoms. The van der Waals surface area contributed by atoms with Gasteiger partial charge in [-0.3, -0.25) is 24.3 Å². The number of hydrogen-bond donors (Lipinski definition) is 1. The molecule has 0 bridgehead atoms. The summed E-state index contributed by atoms with van der Waals surface area (Å²) in [6.07, 6.45) is 4.97. The standard InChI is InChI=1S/C25H20BrN3O5S/c1-33-21-12-17(2-7-20(21)34-15-16-8-10-27-11-9-16)13-22-24(31)29(25(32)35-22)14-23(30)28-19-5-3-18(26)4-6-19/h2-13H,14-15H2,1H3,(H,28,30)/b22-13+. The fourth-order valence-electron chi connectivity index (χ4n) is 3.20. The number of carbonyl (C=O) groups excluding carboxylic acids is 3. The third-order valence-corrected chi connectivity index (χ3v) is 6.37. The van der Waals surface area contributed by atoms with Gasteiger partial charge in [0.1, 0.15) is 13.2 Å². The summed E-state index contributed by atoms with van der Waals surface area (Å²) in [6.45, 7) is -0.0252. The average Bonchev–Trinajstić information content (AvgIpc) is 3.12. The fraction of sp³-hybridized carbons (Fsp3) is 0.120. The van der Waals surface area contributed by atoms with Crippen LogP contribution in [-0.4, -0.2) is 40.6 Å². The highest BCUT2D eigenvalue weighted by Crippen LogP contribution is 2.34. The minimum atomic E-state index is -0.525. The summed E-state index contributed by atoms with van der Waals surface area (Å²) in [7, 11) is 1.52. The molecule has 1 fully saturated rings. The summed E-state index contributed by atoms with van der Waals surface area (Å²) >= 11 is 4.11. The zero-order valence-corrected chi connectivity index (χ0v) is 21.0. The first-order chi connectivity index (χ1) is 16.9. The van der Waals surface area contributed by atoms with Crippen LogP contribution in [0.4, 0.5) is 10.5 Å². The summed E-state index contributed by atoms with van der Waals surface area (Å²) in [5.41, 5.74) is 2.19. The van der Waals surface area contributed by atoms with Crippen LogP contribution in [-0.2, 0) is 16.2 Å². The van der Waals surface area contributed by atoms with Gasteiger partial charge in [0, 0.05) is 22.6 Å². The molecule has 178 valence electrons. The Balaban J connectivity index is 1.42. The number of imide groups is 1. The summed E-state index contributed by atoms with van der Waals surface area (Å²) in [5.74, 6) is 0.0382. The predicted molar refractivity (Wildman–Crippen MR) is 137 cm³/mol. The van der Waals surface area contributed by atoms with Gasteiger partial charge >= 0.3 is 0 Å². The third kappa shape index (κ3) is 6.28. The maximum atomic E-state index is 12.8. The van der Waals surface area contributed by atoms with Crippen LogP contribution in [0.2, 0.25) is 0 Å². The van der Waals surface area contributed by atoms with E-state index in [1.807, 2.05) is 12.1 Å². The first kappa shape index (κ1) is 24.5. The molecule has 1 aliphatic rings. The van der Waals surface area contributed by atoms with Crippen molar-refractivity contribution in [1.82, 2.24) is 9.88 Å². The first-order valence-electron chi connectivity index (χ1n) is 10.4. The van der Waals surface area contributed by atoms with E-state index in [0.717, 1.165) is 26.7 Å². The second kappa shape index (κ2) is 11.2. The number of halogens is 1. The normalized spacial score (nSPS) is 14.3. The van der Waals surface area contributed by atoms with Crippen molar-refractivity contribution in [1.29, 1.82) is 0 Å². The van der Waals surface area contributed by atoms with Gasteiger partial charge in [-0.05, 0) is 77.5 Å². The van der Waals surface area contributed by atoms with Gasteiger partial charge in [0.25, 0.3) is 11.1 Å². The number of hydrogen-bond acceptors (Lipinski definition) is 7. The van der Waals surface area contributed by atoms with Crippen molar-refractivity contribution in [2.75, 3.05) is 19.0 Å². The molecular formula is C25H20BrN3O5S. The second-order valence-electron chi connectivity index (χ2n) is 7.38. The van der Waals surface area contributed by atoms with Gasteiger partial charge in [0.15, 0.2) is 11.5 Å². The zero-order valence-electron chi connectivity index (χ0n) is 18.6. The van der Waals surface area contributed by atoms with Gasteiger partial charge in [0.2, 0.25) is 5.91 Å². The number of pyridine rings is 1. The van der Waals surface area contributed by atoms with Crippen molar-refractivity contribution >= 4 is 56.5 Å². The third-order valence-electron chi connectivity index (χ3n) is 4.93. The van der Waals surface area contributed by atoms with Crippen LogP contribution in [0.25, 0.3) is 6.08 Å². The van der Waals surface area contributed by atoms with E-state index in [4.69, 9.17) is 9.47 Å². The topological polar surface area (TPSA) is 97.8 Å². The molecule has 8 nitrogen and oxygen atoms in total. The van der Waals surface area contributed by atoms with E-state index in [1.54, 1.807) is 60.9 Å². The quantitative estimate of drug-likeness (QED) is 0.387. The molecule has 3 aromatic rings. The molecular weight excluding hydrogens is 534 g/mol. The number of amides is 3. The zero-order chi connectivity index (χ0) is 24.8. The van der Waals surface area contributed by atoms with Crippen LogP contribution in [0.1, 0.15) is 11.1 Å². The Kier molecular flexibility index (Phi) is 7.84. The highest BCUT2D eigenvalue weighted by atomic mass is 79.9. The molecule has 2 aromatic carbocycles. The van der Waals surface area contributed by atoms with Crippen LogP contribution < -0.4 is 14.8 Å². The van der Waals surface area contributed by atoms with Crippen LogP contribution in [0.15, 0.2) is 76.4 Å².